The molecule has 4 N–H and O–H groups in total. The minimum absolute atomic E-state index is 0. The molecule has 0 aliphatic heterocycles. The minimum atomic E-state index is -2.27. The number of aliphatic hydroxyl groups is 2. The van der Waals surface area contributed by atoms with E-state index in [4.69, 9.17) is 20.4 Å². The molecule has 0 heterocycles. The zero-order chi connectivity index (χ0) is 8.31. The van der Waals surface area contributed by atoms with Crippen LogP contribution in [0.25, 0.3) is 0 Å². The van der Waals surface area contributed by atoms with Crippen LogP contribution in [0.5, 0.6) is 0 Å². The molecule has 0 rings (SSSR count). The molecule has 0 aromatic heterocycles. The predicted octanol–water partition coefficient (Wildman–Crippen LogP) is -7.89. The van der Waals surface area contributed by atoms with E-state index >= 15 is 0 Å². The Balaban J connectivity index is -0.0000000675. The second-order valence-electron chi connectivity index (χ2n) is 1.57. The van der Waals surface area contributed by atoms with Gasteiger partial charge in [-0.2, -0.15) is 0 Å². The summed E-state index contributed by atoms with van der Waals surface area (Å²) < 4.78 is 0. The molecule has 0 aliphatic rings. The summed E-state index contributed by atoms with van der Waals surface area (Å²) >= 11 is 0. The first-order valence-electron chi connectivity index (χ1n) is 2.28. The molecule has 0 aliphatic carbocycles. The van der Waals surface area contributed by atoms with Gasteiger partial charge in [-0.15, -0.1) is 0 Å². The van der Waals surface area contributed by atoms with Crippen LogP contribution in [-0.2, 0) is 9.59 Å². The van der Waals surface area contributed by atoms with Crippen molar-refractivity contribution < 1.29 is 121 Å². The molecular formula is C4H8NaO6Rb. The van der Waals surface area contributed by atoms with Gasteiger partial charge >= 0.3 is 99.7 Å². The first kappa shape index (κ1) is 19.3. The quantitative estimate of drug-likeness (QED) is 0.375. The molecule has 12 heavy (non-hydrogen) atoms. The third kappa shape index (κ3) is 7.11. The van der Waals surface area contributed by atoms with E-state index in [9.17, 15) is 9.59 Å². The number of carboxylic acids is 2. The summed E-state index contributed by atoms with van der Waals surface area (Å²) in [6.45, 7) is 0. The maximum absolute atomic E-state index is 9.77. The monoisotopic (exact) mass is 260 g/mol. The van der Waals surface area contributed by atoms with E-state index in [1.54, 1.807) is 0 Å². The Morgan fingerprint density at radius 2 is 1.17 bits per heavy atom. The van der Waals surface area contributed by atoms with Crippen LogP contribution in [0.3, 0.4) is 0 Å². The molecule has 0 spiro atoms. The van der Waals surface area contributed by atoms with Gasteiger partial charge < -0.3 is 23.3 Å². The zero-order valence-electron chi connectivity index (χ0n) is 8.76. The number of aliphatic hydroxyl groups excluding tert-OH is 2. The molecule has 0 aromatic rings. The second-order valence-corrected chi connectivity index (χ2v) is 1.57. The first-order chi connectivity index (χ1) is 4.46. The van der Waals surface area contributed by atoms with Gasteiger partial charge in [0, 0.05) is 0 Å². The molecule has 0 saturated heterocycles. The van der Waals surface area contributed by atoms with Crippen molar-refractivity contribution in [1.82, 2.24) is 0 Å². The molecule has 0 fully saturated rings. The van der Waals surface area contributed by atoms with E-state index in [-0.39, 0.29) is 90.6 Å². The molecular weight excluding hydrogens is 252 g/mol. The van der Waals surface area contributed by atoms with Gasteiger partial charge in [0.05, 0.1) is 0 Å². The van der Waals surface area contributed by atoms with Crippen molar-refractivity contribution in [2.45, 2.75) is 12.2 Å². The van der Waals surface area contributed by atoms with Gasteiger partial charge in [0.2, 0.25) is 0 Å². The predicted molar refractivity (Wildman–Crippen MR) is 29.5 cm³/mol. The Morgan fingerprint density at radius 3 is 1.25 bits per heavy atom. The maximum atomic E-state index is 9.77. The van der Waals surface area contributed by atoms with E-state index in [1.165, 1.54) is 0 Å². The van der Waals surface area contributed by atoms with E-state index in [0.717, 1.165) is 0 Å². The maximum Gasteiger partial charge on any atom is 1.00 e. The van der Waals surface area contributed by atoms with E-state index in [2.05, 4.69) is 0 Å². The fraction of sp³-hybridized carbons (Fsp3) is 0.500. The van der Waals surface area contributed by atoms with Crippen molar-refractivity contribution in [2.75, 3.05) is 0 Å². The van der Waals surface area contributed by atoms with Crippen LogP contribution >= 0.6 is 0 Å². The van der Waals surface area contributed by atoms with Crippen molar-refractivity contribution in [1.29, 1.82) is 0 Å². The van der Waals surface area contributed by atoms with Gasteiger partial charge in [-0.3, -0.25) is 0 Å². The SMILES string of the molecule is O=C(O)C(O)C(O)C(=O)O.[H-].[H-].[Na+].[Rb+]. The molecule has 0 radical (unpaired) electrons. The Kier molecular flexibility index (Phi) is 14.8. The topological polar surface area (TPSA) is 115 Å². The minimum Gasteiger partial charge on any atom is -1.00 e. The number of hydrogen-bond donors (Lipinski definition) is 4. The number of rotatable bonds is 3. The third-order valence-corrected chi connectivity index (χ3v) is 0.805. The first-order valence-corrected chi connectivity index (χ1v) is 2.28. The van der Waals surface area contributed by atoms with Gasteiger partial charge in [0.1, 0.15) is 0 Å². The van der Waals surface area contributed by atoms with Crippen LogP contribution < -0.4 is 87.7 Å². The Morgan fingerprint density at radius 1 is 1.00 bits per heavy atom. The molecule has 2 unspecified atom stereocenters. The van der Waals surface area contributed by atoms with E-state index < -0.39 is 24.1 Å². The molecule has 2 atom stereocenters. The normalized spacial score (nSPS) is 13.2. The fourth-order valence-electron chi connectivity index (χ4n) is 0.270. The summed E-state index contributed by atoms with van der Waals surface area (Å²) in [6.07, 6.45) is -4.53. The van der Waals surface area contributed by atoms with E-state index in [1.807, 2.05) is 0 Å². The van der Waals surface area contributed by atoms with Crippen molar-refractivity contribution in [3.8, 4) is 0 Å². The summed E-state index contributed by atoms with van der Waals surface area (Å²) in [7, 11) is 0. The Labute approximate surface area is 142 Å². The van der Waals surface area contributed by atoms with E-state index in [0.29, 0.717) is 0 Å². The molecule has 0 aromatic carbocycles. The van der Waals surface area contributed by atoms with Crippen molar-refractivity contribution in [3.63, 3.8) is 0 Å². The molecule has 0 saturated carbocycles. The van der Waals surface area contributed by atoms with Gasteiger partial charge in [0.15, 0.2) is 12.2 Å². The van der Waals surface area contributed by atoms with Crippen LogP contribution in [0.1, 0.15) is 2.85 Å². The van der Waals surface area contributed by atoms with Crippen molar-refractivity contribution in [3.05, 3.63) is 0 Å². The van der Waals surface area contributed by atoms with Crippen LogP contribution in [0.15, 0.2) is 0 Å². The average Bonchev–Trinajstić information content (AvgIpc) is 1.84. The standard InChI is InChI=1S/C4H6O6.Na.Rb.2H/c5-1(3(7)8)2(6)4(9)10;;;;/h1-2,5-6H,(H,7,8)(H,9,10);;;;/q;2*+1;2*-1. The number of carboxylic acid groups (broad SMARTS) is 2. The zero-order valence-corrected chi connectivity index (χ0v) is 13.7. The number of aliphatic carboxylic acids is 2. The number of hydrogen-bond acceptors (Lipinski definition) is 4. The largest absolute Gasteiger partial charge is 1.00 e. The van der Waals surface area contributed by atoms with Crippen molar-refractivity contribution >= 4 is 11.9 Å². The Hall–Kier alpha value is 1.67. The number of carbonyl (C=O) groups is 2. The van der Waals surface area contributed by atoms with Gasteiger partial charge in [0.25, 0.3) is 0 Å². The molecule has 8 heteroatoms. The summed E-state index contributed by atoms with van der Waals surface area (Å²) in [5, 5.41) is 32.5. The fourth-order valence-corrected chi connectivity index (χ4v) is 0.270. The second kappa shape index (κ2) is 9.23. The third-order valence-electron chi connectivity index (χ3n) is 0.805. The van der Waals surface area contributed by atoms with Gasteiger partial charge in [-0.1, -0.05) is 0 Å². The summed E-state index contributed by atoms with van der Waals surface area (Å²) in [5.41, 5.74) is 0. The molecule has 0 bridgehead atoms. The van der Waals surface area contributed by atoms with Crippen LogP contribution in [-0.4, -0.2) is 44.6 Å². The smallest absolute Gasteiger partial charge is 1.00 e. The molecule has 62 valence electrons. The van der Waals surface area contributed by atoms with Gasteiger partial charge in [-0.25, -0.2) is 9.59 Å². The van der Waals surface area contributed by atoms with Gasteiger partial charge in [-0.05, 0) is 0 Å². The summed E-state index contributed by atoms with van der Waals surface area (Å²) in [4.78, 5) is 19.5. The van der Waals surface area contributed by atoms with Crippen LogP contribution in [0.4, 0.5) is 0 Å². The molecule has 6 nitrogen and oxygen atoms in total. The Bertz CT molecular complexity index is 152. The molecule has 0 amide bonds. The van der Waals surface area contributed by atoms with Crippen LogP contribution in [0, 0.1) is 0 Å². The average molecular weight is 261 g/mol. The summed E-state index contributed by atoms with van der Waals surface area (Å²) in [6, 6.07) is 0. The summed E-state index contributed by atoms with van der Waals surface area (Å²) in [5.74, 6) is -3.54. The van der Waals surface area contributed by atoms with Crippen molar-refractivity contribution in [2.24, 2.45) is 0 Å². The van der Waals surface area contributed by atoms with Crippen LogP contribution in [0.2, 0.25) is 0 Å².